The summed E-state index contributed by atoms with van der Waals surface area (Å²) >= 11 is 0. The van der Waals surface area contributed by atoms with Gasteiger partial charge in [-0.1, -0.05) is 5.16 Å². The van der Waals surface area contributed by atoms with Gasteiger partial charge in [-0.15, -0.1) is 0 Å². The molecule has 2 aromatic carbocycles. The van der Waals surface area contributed by atoms with Crippen LogP contribution >= 0.6 is 0 Å². The number of hydrogen-bond donors (Lipinski definition) is 3. The third-order valence-corrected chi connectivity index (χ3v) is 8.75. The van der Waals surface area contributed by atoms with Crippen molar-refractivity contribution in [3.63, 3.8) is 0 Å². The van der Waals surface area contributed by atoms with E-state index in [2.05, 4.69) is 15.4 Å². The minimum atomic E-state index is -0.362. The molecule has 3 aliphatic rings. The van der Waals surface area contributed by atoms with Crippen LogP contribution in [0.3, 0.4) is 0 Å². The average molecular weight is 593 g/mol. The number of aromatic hydroxyl groups is 2. The Kier molecular flexibility index (Phi) is 8.47. The van der Waals surface area contributed by atoms with E-state index in [9.17, 15) is 15.0 Å². The van der Waals surface area contributed by atoms with Gasteiger partial charge in [-0.05, 0) is 56.4 Å². The monoisotopic (exact) mass is 592 g/mol. The molecular weight excluding hydrogens is 552 g/mol. The first-order chi connectivity index (χ1) is 20.8. The Morgan fingerprint density at radius 1 is 1.02 bits per heavy atom. The van der Waals surface area contributed by atoms with Gasteiger partial charge in [0, 0.05) is 76.0 Å². The number of carbonyl (C=O) groups is 1. The third-order valence-electron chi connectivity index (χ3n) is 8.75. The molecule has 1 spiro atoms. The summed E-state index contributed by atoms with van der Waals surface area (Å²) < 4.78 is 23.5. The number of phenolic OH excluding ortho intramolecular Hbond substituents is 2. The lowest BCUT2D eigenvalue weighted by atomic mass is 9.87. The second kappa shape index (κ2) is 12.4. The van der Waals surface area contributed by atoms with E-state index in [0.29, 0.717) is 11.8 Å². The van der Waals surface area contributed by atoms with Crippen molar-refractivity contribution in [2.45, 2.75) is 62.8 Å². The Hall–Kier alpha value is -3.80. The normalized spacial score (nSPS) is 19.8. The Bertz CT molecular complexity index is 1400. The molecule has 0 bridgehead atoms. The molecule has 0 atom stereocenters. The van der Waals surface area contributed by atoms with Crippen LogP contribution in [0.25, 0.3) is 11.3 Å². The second-order valence-corrected chi connectivity index (χ2v) is 11.9. The van der Waals surface area contributed by atoms with Crippen LogP contribution in [0.2, 0.25) is 0 Å². The summed E-state index contributed by atoms with van der Waals surface area (Å²) in [6.07, 6.45) is 6.69. The van der Waals surface area contributed by atoms with Crippen LogP contribution in [0.15, 0.2) is 47.0 Å². The van der Waals surface area contributed by atoms with Gasteiger partial charge in [0.15, 0.2) is 17.2 Å². The number of rotatable bonds is 7. The second-order valence-electron chi connectivity index (χ2n) is 11.9. The Morgan fingerprint density at radius 2 is 1.72 bits per heavy atom. The van der Waals surface area contributed by atoms with Crippen LogP contribution in [-0.2, 0) is 9.47 Å². The van der Waals surface area contributed by atoms with Crippen molar-refractivity contribution in [2.24, 2.45) is 0 Å². The summed E-state index contributed by atoms with van der Waals surface area (Å²) in [5.41, 5.74) is 1.29. The molecule has 1 aliphatic carbocycles. The molecule has 11 nitrogen and oxygen atoms in total. The van der Waals surface area contributed by atoms with Gasteiger partial charge in [0.25, 0.3) is 5.91 Å². The fourth-order valence-corrected chi connectivity index (χ4v) is 6.34. The van der Waals surface area contributed by atoms with Gasteiger partial charge >= 0.3 is 0 Å². The smallest absolute Gasteiger partial charge is 0.273 e. The molecule has 3 fully saturated rings. The number of benzene rings is 2. The lowest BCUT2D eigenvalue weighted by Crippen LogP contribution is -2.52. The zero-order chi connectivity index (χ0) is 30.0. The van der Waals surface area contributed by atoms with E-state index in [1.165, 1.54) is 18.2 Å². The van der Waals surface area contributed by atoms with Crippen LogP contribution in [-0.4, -0.2) is 84.4 Å². The molecule has 0 unspecified atom stereocenters. The van der Waals surface area contributed by atoms with Crippen molar-refractivity contribution < 1.29 is 33.7 Å². The van der Waals surface area contributed by atoms with E-state index in [4.69, 9.17) is 18.7 Å². The number of piperidine rings is 1. The molecule has 1 aromatic heterocycles. The highest BCUT2D eigenvalue weighted by molar-refractivity contribution is 5.93. The summed E-state index contributed by atoms with van der Waals surface area (Å²) in [6.45, 7) is 3.43. The van der Waals surface area contributed by atoms with E-state index in [0.717, 1.165) is 76.9 Å². The van der Waals surface area contributed by atoms with E-state index < -0.39 is 0 Å². The molecule has 230 valence electrons. The maximum Gasteiger partial charge on any atom is 0.273 e. The molecule has 11 heteroatoms. The van der Waals surface area contributed by atoms with Crippen molar-refractivity contribution in [3.05, 3.63) is 48.2 Å². The van der Waals surface area contributed by atoms with Crippen molar-refractivity contribution >= 4 is 11.6 Å². The van der Waals surface area contributed by atoms with Crippen molar-refractivity contribution in [2.75, 3.05) is 45.3 Å². The minimum Gasteiger partial charge on any atom is -0.508 e. The van der Waals surface area contributed by atoms with Crippen molar-refractivity contribution in [1.82, 2.24) is 15.4 Å². The van der Waals surface area contributed by atoms with Crippen LogP contribution < -0.4 is 15.0 Å². The first kappa shape index (κ1) is 29.3. The van der Waals surface area contributed by atoms with E-state index >= 15 is 0 Å². The average Bonchev–Trinajstić information content (AvgIpc) is 3.48. The van der Waals surface area contributed by atoms with Gasteiger partial charge in [-0.2, -0.15) is 0 Å². The fraction of sp³-hybridized carbons (Fsp3) is 0.500. The predicted octanol–water partition coefficient (Wildman–Crippen LogP) is 4.88. The largest absolute Gasteiger partial charge is 0.508 e. The number of likely N-dealkylation sites (tertiary alicyclic amines) is 1. The predicted molar refractivity (Wildman–Crippen MR) is 160 cm³/mol. The summed E-state index contributed by atoms with van der Waals surface area (Å²) in [7, 11) is 3.88. The Morgan fingerprint density at radius 3 is 2.40 bits per heavy atom. The number of carbonyl (C=O) groups excluding carboxylic acids is 1. The number of aromatic nitrogens is 1. The lowest BCUT2D eigenvalue weighted by molar-refractivity contribution is -0.283. The Labute approximate surface area is 251 Å². The van der Waals surface area contributed by atoms with Crippen molar-refractivity contribution in [3.8, 4) is 34.3 Å². The molecule has 0 radical (unpaired) electrons. The van der Waals surface area contributed by atoms with Gasteiger partial charge in [0.1, 0.15) is 28.6 Å². The summed E-state index contributed by atoms with van der Waals surface area (Å²) in [6, 6.07) is 12.0. The number of phenols is 2. The van der Waals surface area contributed by atoms with E-state index in [1.807, 2.05) is 31.1 Å². The number of ether oxygens (including phenoxy) is 3. The number of nitrogens with one attached hydrogen (secondary N) is 1. The maximum absolute atomic E-state index is 13.1. The highest BCUT2D eigenvalue weighted by Gasteiger charge is 2.40. The quantitative estimate of drug-likeness (QED) is 0.349. The molecule has 1 amide bonds. The standard InChI is InChI=1S/C32H40N4O7/c1-35(2)22-4-6-25(7-5-22)42-28-19-24(37)18-27(38)30(28)29-20-26(34-43-29)31(39)33-21-10-14-36(15-11-21)23-8-12-32(13-9-23)40-16-3-17-41-32/h4-7,18-21,23,37-38H,3,8-17H2,1-2H3,(H,33,39). The lowest BCUT2D eigenvalue weighted by Gasteiger charge is -2.46. The topological polar surface area (TPSA) is 130 Å². The van der Waals surface area contributed by atoms with Crippen molar-refractivity contribution in [1.29, 1.82) is 0 Å². The molecule has 43 heavy (non-hydrogen) atoms. The molecule has 3 aromatic rings. The number of hydrogen-bond acceptors (Lipinski definition) is 10. The maximum atomic E-state index is 13.1. The van der Waals surface area contributed by atoms with Gasteiger partial charge in [-0.25, -0.2) is 0 Å². The third kappa shape index (κ3) is 6.58. The van der Waals surface area contributed by atoms with Crippen LogP contribution in [0.1, 0.15) is 55.4 Å². The molecule has 3 heterocycles. The highest BCUT2D eigenvalue weighted by Crippen LogP contribution is 2.43. The van der Waals surface area contributed by atoms with Gasteiger partial charge in [0.2, 0.25) is 0 Å². The molecule has 6 rings (SSSR count). The van der Waals surface area contributed by atoms with Gasteiger partial charge in [-0.3, -0.25) is 4.79 Å². The first-order valence-electron chi connectivity index (χ1n) is 15.1. The van der Waals surface area contributed by atoms with E-state index in [1.54, 1.807) is 12.1 Å². The highest BCUT2D eigenvalue weighted by atomic mass is 16.7. The fourth-order valence-electron chi connectivity index (χ4n) is 6.34. The summed E-state index contributed by atoms with van der Waals surface area (Å²) in [4.78, 5) is 17.6. The number of anilines is 1. The molecular formula is C32H40N4O7. The SMILES string of the molecule is CN(C)c1ccc(Oc2cc(O)cc(O)c2-c2cc(C(=O)NC3CCN(C4CCC5(CC4)OCCCO5)CC3)no2)cc1. The minimum absolute atomic E-state index is 0.0370. The molecule has 2 saturated heterocycles. The molecule has 1 saturated carbocycles. The van der Waals surface area contributed by atoms with Gasteiger partial charge in [0.05, 0.1) is 13.2 Å². The van der Waals surface area contributed by atoms with Gasteiger partial charge < -0.3 is 44.1 Å². The zero-order valence-electron chi connectivity index (χ0n) is 24.8. The molecule has 3 N–H and O–H groups in total. The number of amides is 1. The summed E-state index contributed by atoms with van der Waals surface area (Å²) in [5, 5.41) is 27.9. The first-order valence-corrected chi connectivity index (χ1v) is 15.1. The summed E-state index contributed by atoms with van der Waals surface area (Å²) in [5.74, 6) is -0.305. The van der Waals surface area contributed by atoms with Crippen LogP contribution in [0.5, 0.6) is 23.0 Å². The Balaban J connectivity index is 1.06. The molecule has 2 aliphatic heterocycles. The van der Waals surface area contributed by atoms with Crippen LogP contribution in [0, 0.1) is 0 Å². The number of nitrogens with zero attached hydrogens (tertiary/aromatic N) is 3. The van der Waals surface area contributed by atoms with Crippen LogP contribution in [0.4, 0.5) is 5.69 Å². The zero-order valence-corrected chi connectivity index (χ0v) is 24.8. The van der Waals surface area contributed by atoms with E-state index in [-0.39, 0.29) is 52.0 Å².